The average Bonchev–Trinajstić information content (AvgIpc) is 2.88. The van der Waals surface area contributed by atoms with Gasteiger partial charge < -0.3 is 15.0 Å². The first kappa shape index (κ1) is 19.1. The van der Waals surface area contributed by atoms with Gasteiger partial charge in [0.25, 0.3) is 0 Å². The molecule has 0 saturated carbocycles. The topological polar surface area (TPSA) is 67.3 Å². The SMILES string of the molecule is Cc1c(C(=O)OCc2ccccc2)sc2nc(Cl)nc(N3CCCNCC3)c12. The molecule has 3 heterocycles. The number of hydrogen-bond acceptors (Lipinski definition) is 7. The number of anilines is 1. The van der Waals surface area contributed by atoms with Crippen LogP contribution in [-0.2, 0) is 11.3 Å². The molecule has 2 aromatic heterocycles. The number of halogens is 1. The number of fused-ring (bicyclic) bond motifs is 1. The Balaban J connectivity index is 1.65. The lowest BCUT2D eigenvalue weighted by Crippen LogP contribution is -2.29. The van der Waals surface area contributed by atoms with Crippen molar-refractivity contribution < 1.29 is 9.53 Å². The molecule has 3 aromatic rings. The highest BCUT2D eigenvalue weighted by Gasteiger charge is 2.24. The van der Waals surface area contributed by atoms with E-state index in [2.05, 4.69) is 20.2 Å². The molecule has 8 heteroatoms. The second kappa shape index (κ2) is 8.43. The van der Waals surface area contributed by atoms with Gasteiger partial charge in [-0.05, 0) is 42.6 Å². The Labute approximate surface area is 172 Å². The van der Waals surface area contributed by atoms with Gasteiger partial charge in [0.1, 0.15) is 22.1 Å². The summed E-state index contributed by atoms with van der Waals surface area (Å²) in [5.41, 5.74) is 1.80. The molecule has 6 nitrogen and oxygen atoms in total. The number of esters is 1. The molecule has 146 valence electrons. The minimum absolute atomic E-state index is 0.199. The molecule has 0 radical (unpaired) electrons. The molecule has 1 aliphatic heterocycles. The van der Waals surface area contributed by atoms with E-state index in [9.17, 15) is 4.79 Å². The fourth-order valence-electron chi connectivity index (χ4n) is 3.36. The van der Waals surface area contributed by atoms with Gasteiger partial charge in [-0.15, -0.1) is 11.3 Å². The molecule has 0 aliphatic carbocycles. The summed E-state index contributed by atoms with van der Waals surface area (Å²) in [5, 5.41) is 4.48. The van der Waals surface area contributed by atoms with Crippen LogP contribution in [0.2, 0.25) is 5.28 Å². The van der Waals surface area contributed by atoms with Crippen molar-refractivity contribution in [2.75, 3.05) is 31.1 Å². The molecule has 1 N–H and O–H groups in total. The van der Waals surface area contributed by atoms with Crippen LogP contribution in [0.1, 0.15) is 27.2 Å². The molecular weight excluding hydrogens is 396 g/mol. The molecule has 1 aromatic carbocycles. The van der Waals surface area contributed by atoms with E-state index in [1.54, 1.807) is 0 Å². The Bertz CT molecular complexity index is 985. The molecule has 0 amide bonds. The molecule has 1 saturated heterocycles. The highest BCUT2D eigenvalue weighted by atomic mass is 35.5. The number of carbonyl (C=O) groups is 1. The maximum Gasteiger partial charge on any atom is 0.349 e. The van der Waals surface area contributed by atoms with Crippen LogP contribution in [0, 0.1) is 6.92 Å². The van der Waals surface area contributed by atoms with Crippen molar-refractivity contribution in [1.29, 1.82) is 0 Å². The number of benzene rings is 1. The Morgan fingerprint density at radius 1 is 1.25 bits per heavy atom. The van der Waals surface area contributed by atoms with Crippen molar-refractivity contribution in [2.45, 2.75) is 20.0 Å². The molecule has 0 atom stereocenters. The van der Waals surface area contributed by atoms with Crippen LogP contribution >= 0.6 is 22.9 Å². The molecule has 4 rings (SSSR count). The molecule has 1 aliphatic rings. The number of carbonyl (C=O) groups excluding carboxylic acids is 1. The zero-order valence-electron chi connectivity index (χ0n) is 15.6. The lowest BCUT2D eigenvalue weighted by molar-refractivity contribution is 0.0478. The fourth-order valence-corrected chi connectivity index (χ4v) is 4.65. The number of nitrogens with zero attached hydrogens (tertiary/aromatic N) is 3. The van der Waals surface area contributed by atoms with Crippen LogP contribution in [0.15, 0.2) is 30.3 Å². The Hall–Kier alpha value is -2.22. The van der Waals surface area contributed by atoms with Gasteiger partial charge in [-0.2, -0.15) is 4.98 Å². The zero-order chi connectivity index (χ0) is 19.5. The normalized spacial score (nSPS) is 14.9. The maximum atomic E-state index is 12.7. The van der Waals surface area contributed by atoms with Crippen LogP contribution in [0.4, 0.5) is 5.82 Å². The first-order valence-corrected chi connectivity index (χ1v) is 10.5. The molecule has 28 heavy (non-hydrogen) atoms. The molecular formula is C20H21ClN4O2S. The molecule has 0 unspecified atom stereocenters. The van der Waals surface area contributed by atoms with Gasteiger partial charge in [-0.3, -0.25) is 0 Å². The third-order valence-corrected chi connectivity index (χ3v) is 6.12. The summed E-state index contributed by atoms with van der Waals surface area (Å²) >= 11 is 7.50. The minimum Gasteiger partial charge on any atom is -0.457 e. The molecule has 1 fully saturated rings. The summed E-state index contributed by atoms with van der Waals surface area (Å²) < 4.78 is 5.53. The van der Waals surface area contributed by atoms with Crippen molar-refractivity contribution in [3.8, 4) is 0 Å². The summed E-state index contributed by atoms with van der Waals surface area (Å²) in [4.78, 5) is 25.1. The summed E-state index contributed by atoms with van der Waals surface area (Å²) in [5.74, 6) is 0.457. The van der Waals surface area contributed by atoms with Crippen LogP contribution < -0.4 is 10.2 Å². The fraction of sp³-hybridized carbons (Fsp3) is 0.350. The van der Waals surface area contributed by atoms with Crippen LogP contribution in [-0.4, -0.2) is 42.1 Å². The number of rotatable bonds is 4. The van der Waals surface area contributed by atoms with Crippen molar-refractivity contribution in [3.05, 3.63) is 51.6 Å². The van der Waals surface area contributed by atoms with E-state index in [1.165, 1.54) is 11.3 Å². The van der Waals surface area contributed by atoms with E-state index in [-0.39, 0.29) is 17.9 Å². The first-order chi connectivity index (χ1) is 13.6. The van der Waals surface area contributed by atoms with E-state index >= 15 is 0 Å². The second-order valence-electron chi connectivity index (χ2n) is 6.70. The predicted octanol–water partition coefficient (Wildman–Crippen LogP) is 3.81. The van der Waals surface area contributed by atoms with Crippen LogP contribution in [0.5, 0.6) is 0 Å². The summed E-state index contributed by atoms with van der Waals surface area (Å²) in [7, 11) is 0. The number of hydrogen-bond donors (Lipinski definition) is 1. The van der Waals surface area contributed by atoms with E-state index in [4.69, 9.17) is 16.3 Å². The van der Waals surface area contributed by atoms with E-state index in [0.717, 1.165) is 59.8 Å². The molecule has 0 bridgehead atoms. The Kier molecular flexibility index (Phi) is 5.75. The number of aromatic nitrogens is 2. The Morgan fingerprint density at radius 2 is 2.07 bits per heavy atom. The zero-order valence-corrected chi connectivity index (χ0v) is 17.1. The van der Waals surface area contributed by atoms with Gasteiger partial charge in [0.05, 0.1) is 5.39 Å². The summed E-state index contributed by atoms with van der Waals surface area (Å²) in [6.45, 7) is 5.76. The first-order valence-electron chi connectivity index (χ1n) is 9.27. The van der Waals surface area contributed by atoms with Gasteiger partial charge in [0.15, 0.2) is 0 Å². The summed E-state index contributed by atoms with van der Waals surface area (Å²) in [6, 6.07) is 9.65. The smallest absolute Gasteiger partial charge is 0.349 e. The van der Waals surface area contributed by atoms with Crippen molar-refractivity contribution in [2.24, 2.45) is 0 Å². The average molecular weight is 417 g/mol. The van der Waals surface area contributed by atoms with E-state index in [1.807, 2.05) is 37.3 Å². The lowest BCUT2D eigenvalue weighted by atomic mass is 10.2. The minimum atomic E-state index is -0.344. The van der Waals surface area contributed by atoms with E-state index < -0.39 is 0 Å². The third kappa shape index (κ3) is 3.97. The van der Waals surface area contributed by atoms with Gasteiger partial charge in [-0.1, -0.05) is 30.3 Å². The lowest BCUT2D eigenvalue weighted by Gasteiger charge is -2.22. The van der Waals surface area contributed by atoms with Gasteiger partial charge >= 0.3 is 5.97 Å². The monoisotopic (exact) mass is 416 g/mol. The second-order valence-corrected chi connectivity index (χ2v) is 8.04. The molecule has 0 spiro atoms. The number of aryl methyl sites for hydroxylation is 1. The maximum absolute atomic E-state index is 12.7. The highest BCUT2D eigenvalue weighted by Crippen LogP contribution is 2.36. The number of ether oxygens (including phenoxy) is 1. The standard InChI is InChI=1S/C20H21ClN4O2S/c1-13-15-17(25-10-5-8-22-9-11-25)23-20(21)24-18(15)28-16(13)19(26)27-12-14-6-3-2-4-7-14/h2-4,6-7,22H,5,8-12H2,1H3. The largest absolute Gasteiger partial charge is 0.457 e. The van der Waals surface area contributed by atoms with Crippen molar-refractivity contribution >= 4 is 44.9 Å². The van der Waals surface area contributed by atoms with Crippen molar-refractivity contribution in [1.82, 2.24) is 15.3 Å². The summed E-state index contributed by atoms with van der Waals surface area (Å²) in [6.07, 6.45) is 1.03. The quantitative estimate of drug-likeness (QED) is 0.515. The van der Waals surface area contributed by atoms with Crippen LogP contribution in [0.25, 0.3) is 10.2 Å². The van der Waals surface area contributed by atoms with Gasteiger partial charge in [-0.25, -0.2) is 9.78 Å². The third-order valence-electron chi connectivity index (χ3n) is 4.78. The van der Waals surface area contributed by atoms with E-state index in [0.29, 0.717) is 4.88 Å². The predicted molar refractivity (Wildman–Crippen MR) is 112 cm³/mol. The van der Waals surface area contributed by atoms with Gasteiger partial charge in [0, 0.05) is 19.6 Å². The van der Waals surface area contributed by atoms with Gasteiger partial charge in [0.2, 0.25) is 5.28 Å². The van der Waals surface area contributed by atoms with Crippen LogP contribution in [0.3, 0.4) is 0 Å². The van der Waals surface area contributed by atoms with Crippen molar-refractivity contribution in [3.63, 3.8) is 0 Å². The number of nitrogens with one attached hydrogen (secondary N) is 1. The Morgan fingerprint density at radius 3 is 2.89 bits per heavy atom. The number of thiophene rings is 1. The highest BCUT2D eigenvalue weighted by molar-refractivity contribution is 7.20.